The van der Waals surface area contributed by atoms with Crippen LogP contribution in [0.1, 0.15) is 18.4 Å². The normalized spacial score (nSPS) is 16.8. The molecule has 0 aliphatic carbocycles. The van der Waals surface area contributed by atoms with Crippen LogP contribution in [0.15, 0.2) is 48.5 Å². The van der Waals surface area contributed by atoms with Gasteiger partial charge in [0.05, 0.1) is 17.3 Å². The fraction of sp³-hybridized carbons (Fsp3) is 0.300. The first-order chi connectivity index (χ1) is 12.5. The SMILES string of the molecule is Cc1cccc(NC(=O)N2CCCC(C(=O)Nc3ccccc3N)C2)c1. The summed E-state index contributed by atoms with van der Waals surface area (Å²) in [7, 11) is 0. The minimum absolute atomic E-state index is 0.101. The average molecular weight is 352 g/mol. The van der Waals surface area contributed by atoms with E-state index in [0.717, 1.165) is 24.1 Å². The minimum Gasteiger partial charge on any atom is -0.397 e. The number of aryl methyl sites for hydroxylation is 1. The first kappa shape index (κ1) is 17.8. The molecule has 1 heterocycles. The van der Waals surface area contributed by atoms with Crippen LogP contribution in [-0.4, -0.2) is 29.9 Å². The van der Waals surface area contributed by atoms with Crippen LogP contribution in [0.4, 0.5) is 21.9 Å². The van der Waals surface area contributed by atoms with Crippen LogP contribution in [0.2, 0.25) is 0 Å². The molecule has 1 fully saturated rings. The van der Waals surface area contributed by atoms with Gasteiger partial charge in [0.2, 0.25) is 5.91 Å². The fourth-order valence-corrected chi connectivity index (χ4v) is 3.15. The number of piperidine rings is 1. The molecule has 0 spiro atoms. The van der Waals surface area contributed by atoms with Gasteiger partial charge in [0, 0.05) is 18.8 Å². The van der Waals surface area contributed by atoms with Gasteiger partial charge in [-0.15, -0.1) is 0 Å². The van der Waals surface area contributed by atoms with Gasteiger partial charge in [0.1, 0.15) is 0 Å². The summed E-state index contributed by atoms with van der Waals surface area (Å²) < 4.78 is 0. The van der Waals surface area contributed by atoms with Crippen LogP contribution in [0.3, 0.4) is 0 Å². The predicted octanol–water partition coefficient (Wildman–Crippen LogP) is 3.46. The van der Waals surface area contributed by atoms with Gasteiger partial charge in [0.25, 0.3) is 0 Å². The number of urea groups is 1. The van der Waals surface area contributed by atoms with Crippen molar-refractivity contribution in [3.8, 4) is 0 Å². The molecule has 6 heteroatoms. The van der Waals surface area contributed by atoms with Gasteiger partial charge >= 0.3 is 6.03 Å². The Morgan fingerprint density at radius 3 is 2.69 bits per heavy atom. The molecule has 0 radical (unpaired) electrons. The molecule has 1 saturated heterocycles. The molecule has 26 heavy (non-hydrogen) atoms. The lowest BCUT2D eigenvalue weighted by molar-refractivity contribution is -0.121. The summed E-state index contributed by atoms with van der Waals surface area (Å²) in [6.07, 6.45) is 1.55. The zero-order chi connectivity index (χ0) is 18.5. The zero-order valence-corrected chi connectivity index (χ0v) is 14.9. The molecule has 2 aromatic rings. The van der Waals surface area contributed by atoms with Crippen LogP contribution in [0, 0.1) is 12.8 Å². The second-order valence-corrected chi connectivity index (χ2v) is 6.66. The highest BCUT2D eigenvalue weighted by Crippen LogP contribution is 2.22. The Hall–Kier alpha value is -3.02. The van der Waals surface area contributed by atoms with E-state index < -0.39 is 0 Å². The van der Waals surface area contributed by atoms with Crippen molar-refractivity contribution < 1.29 is 9.59 Å². The summed E-state index contributed by atoms with van der Waals surface area (Å²) in [5, 5.41) is 5.78. The van der Waals surface area contributed by atoms with Crippen molar-refractivity contribution in [1.82, 2.24) is 4.90 Å². The van der Waals surface area contributed by atoms with Gasteiger partial charge in [-0.1, -0.05) is 24.3 Å². The fourth-order valence-electron chi connectivity index (χ4n) is 3.15. The number of anilines is 3. The number of carbonyl (C=O) groups excluding carboxylic acids is 2. The van der Waals surface area contributed by atoms with Crippen LogP contribution in [0.5, 0.6) is 0 Å². The monoisotopic (exact) mass is 352 g/mol. The third-order valence-electron chi connectivity index (χ3n) is 4.57. The molecule has 136 valence electrons. The molecule has 1 atom stereocenters. The minimum atomic E-state index is -0.244. The summed E-state index contributed by atoms with van der Waals surface area (Å²) in [6.45, 7) is 3.03. The summed E-state index contributed by atoms with van der Waals surface area (Å²) in [5.74, 6) is -0.345. The second-order valence-electron chi connectivity index (χ2n) is 6.66. The number of hydrogen-bond acceptors (Lipinski definition) is 3. The maximum atomic E-state index is 12.6. The number of carbonyl (C=O) groups is 2. The Morgan fingerprint density at radius 1 is 1.12 bits per heavy atom. The van der Waals surface area contributed by atoms with Gasteiger partial charge in [-0.2, -0.15) is 0 Å². The maximum Gasteiger partial charge on any atom is 0.321 e. The van der Waals surface area contributed by atoms with Crippen LogP contribution < -0.4 is 16.4 Å². The topological polar surface area (TPSA) is 87.5 Å². The number of nitrogens with zero attached hydrogens (tertiary/aromatic N) is 1. The van der Waals surface area contributed by atoms with Crippen molar-refractivity contribution in [3.05, 3.63) is 54.1 Å². The number of likely N-dealkylation sites (tertiary alicyclic amines) is 1. The smallest absolute Gasteiger partial charge is 0.321 e. The Bertz CT molecular complexity index is 806. The molecule has 1 unspecified atom stereocenters. The highest BCUT2D eigenvalue weighted by atomic mass is 16.2. The number of nitrogen functional groups attached to an aromatic ring is 1. The van der Waals surface area contributed by atoms with E-state index in [1.165, 1.54) is 0 Å². The van der Waals surface area contributed by atoms with Crippen molar-refractivity contribution >= 4 is 29.0 Å². The molecular formula is C20H24N4O2. The van der Waals surface area contributed by atoms with Crippen molar-refractivity contribution in [1.29, 1.82) is 0 Å². The third kappa shape index (κ3) is 4.33. The average Bonchev–Trinajstić information content (AvgIpc) is 2.63. The predicted molar refractivity (Wildman–Crippen MR) is 104 cm³/mol. The second kappa shape index (κ2) is 7.91. The first-order valence-corrected chi connectivity index (χ1v) is 8.81. The van der Waals surface area contributed by atoms with Gasteiger partial charge in [-0.05, 0) is 49.6 Å². The van der Waals surface area contributed by atoms with Crippen LogP contribution >= 0.6 is 0 Å². The van der Waals surface area contributed by atoms with Crippen molar-refractivity contribution in [2.75, 3.05) is 29.5 Å². The van der Waals surface area contributed by atoms with E-state index in [1.807, 2.05) is 43.3 Å². The molecule has 4 N–H and O–H groups in total. The molecule has 0 bridgehead atoms. The molecular weight excluding hydrogens is 328 g/mol. The highest BCUT2D eigenvalue weighted by Gasteiger charge is 2.28. The number of para-hydroxylation sites is 2. The standard InChI is InChI=1S/C20H24N4O2/c1-14-6-4-8-16(12-14)22-20(26)24-11-5-7-15(13-24)19(25)23-18-10-3-2-9-17(18)21/h2-4,6,8-10,12,15H,5,7,11,13,21H2,1H3,(H,22,26)(H,23,25). The van der Waals surface area contributed by atoms with Gasteiger partial charge in [-0.3, -0.25) is 4.79 Å². The lowest BCUT2D eigenvalue weighted by atomic mass is 9.97. The molecule has 3 rings (SSSR count). The molecule has 6 nitrogen and oxygen atoms in total. The number of benzene rings is 2. The molecule has 0 aromatic heterocycles. The van der Waals surface area contributed by atoms with E-state index >= 15 is 0 Å². The number of nitrogens with two attached hydrogens (primary N) is 1. The van der Waals surface area contributed by atoms with Crippen LogP contribution in [-0.2, 0) is 4.79 Å². The third-order valence-corrected chi connectivity index (χ3v) is 4.57. The first-order valence-electron chi connectivity index (χ1n) is 8.81. The van der Waals surface area contributed by atoms with Crippen molar-refractivity contribution in [3.63, 3.8) is 0 Å². The summed E-state index contributed by atoms with van der Waals surface area (Å²) in [4.78, 5) is 26.8. The van der Waals surface area contributed by atoms with E-state index in [-0.39, 0.29) is 17.9 Å². The Kier molecular flexibility index (Phi) is 5.41. The summed E-state index contributed by atoms with van der Waals surface area (Å²) in [5.41, 5.74) is 8.87. The van der Waals surface area contributed by atoms with E-state index in [2.05, 4.69) is 10.6 Å². The number of nitrogens with one attached hydrogen (secondary N) is 2. The van der Waals surface area contributed by atoms with Crippen LogP contribution in [0.25, 0.3) is 0 Å². The largest absolute Gasteiger partial charge is 0.397 e. The lowest BCUT2D eigenvalue weighted by Gasteiger charge is -2.32. The summed E-state index contributed by atoms with van der Waals surface area (Å²) in [6, 6.07) is 14.7. The summed E-state index contributed by atoms with van der Waals surface area (Å²) >= 11 is 0. The number of rotatable bonds is 3. The highest BCUT2D eigenvalue weighted by molar-refractivity contribution is 5.96. The number of hydrogen-bond donors (Lipinski definition) is 3. The van der Waals surface area contributed by atoms with E-state index in [1.54, 1.807) is 17.0 Å². The van der Waals surface area contributed by atoms with E-state index in [0.29, 0.717) is 24.5 Å². The Morgan fingerprint density at radius 2 is 1.92 bits per heavy atom. The van der Waals surface area contributed by atoms with Gasteiger partial charge < -0.3 is 21.3 Å². The Labute approximate surface area is 153 Å². The van der Waals surface area contributed by atoms with Crippen molar-refractivity contribution in [2.45, 2.75) is 19.8 Å². The molecule has 1 aliphatic heterocycles. The molecule has 0 saturated carbocycles. The molecule has 2 aromatic carbocycles. The lowest BCUT2D eigenvalue weighted by Crippen LogP contribution is -2.45. The molecule has 3 amide bonds. The maximum absolute atomic E-state index is 12.6. The van der Waals surface area contributed by atoms with E-state index in [9.17, 15) is 9.59 Å². The molecule has 1 aliphatic rings. The number of amides is 3. The zero-order valence-electron chi connectivity index (χ0n) is 14.9. The Balaban J connectivity index is 1.60. The van der Waals surface area contributed by atoms with E-state index in [4.69, 9.17) is 5.73 Å². The van der Waals surface area contributed by atoms with Gasteiger partial charge in [0.15, 0.2) is 0 Å². The van der Waals surface area contributed by atoms with Crippen molar-refractivity contribution in [2.24, 2.45) is 5.92 Å². The van der Waals surface area contributed by atoms with Gasteiger partial charge in [-0.25, -0.2) is 4.79 Å². The quantitative estimate of drug-likeness (QED) is 0.739.